The van der Waals surface area contributed by atoms with Crippen LogP contribution < -0.4 is 5.32 Å². The molecular weight excluding hydrogens is 214 g/mol. The molecule has 4 nitrogen and oxygen atoms in total. The highest BCUT2D eigenvalue weighted by Crippen LogP contribution is 2.14. The van der Waals surface area contributed by atoms with E-state index < -0.39 is 0 Å². The Morgan fingerprint density at radius 3 is 2.47 bits per heavy atom. The zero-order valence-electron chi connectivity index (χ0n) is 10.2. The van der Waals surface area contributed by atoms with Crippen molar-refractivity contribution >= 4 is 5.91 Å². The number of aryl methyl sites for hydroxylation is 2. The maximum atomic E-state index is 11.4. The summed E-state index contributed by atoms with van der Waals surface area (Å²) in [6, 6.07) is 6.23. The van der Waals surface area contributed by atoms with Gasteiger partial charge in [0.25, 0.3) is 5.91 Å². The van der Waals surface area contributed by atoms with Crippen molar-refractivity contribution in [2.45, 2.75) is 13.8 Å². The van der Waals surface area contributed by atoms with Crippen LogP contribution in [0, 0.1) is 13.8 Å². The Hall–Kier alpha value is -2.10. The van der Waals surface area contributed by atoms with E-state index in [1.165, 1.54) is 11.1 Å². The van der Waals surface area contributed by atoms with Gasteiger partial charge in [0.15, 0.2) is 0 Å². The van der Waals surface area contributed by atoms with Gasteiger partial charge in [-0.3, -0.25) is 4.79 Å². The summed E-state index contributed by atoms with van der Waals surface area (Å²) in [5.41, 5.74) is 3.82. The number of amides is 1. The lowest BCUT2D eigenvalue weighted by Crippen LogP contribution is -2.17. The third kappa shape index (κ3) is 2.36. The predicted octanol–water partition coefficient (Wildman–Crippen LogP) is 1.85. The standard InChI is InChI=1S/C13H15N3O/c1-9-4-10(2)6-11(5-9)16-7-12(15-8-16)13(17)14-3/h4-8H,1-3H3,(H,14,17). The maximum absolute atomic E-state index is 11.4. The largest absolute Gasteiger partial charge is 0.354 e. The minimum atomic E-state index is -0.173. The minimum absolute atomic E-state index is 0.173. The van der Waals surface area contributed by atoms with Crippen molar-refractivity contribution in [1.29, 1.82) is 0 Å². The Kier molecular flexibility index (Phi) is 2.95. The number of carbonyl (C=O) groups excluding carboxylic acids is 1. The number of rotatable bonds is 2. The average Bonchev–Trinajstić information content (AvgIpc) is 2.76. The fourth-order valence-electron chi connectivity index (χ4n) is 1.81. The van der Waals surface area contributed by atoms with Crippen molar-refractivity contribution in [3.05, 3.63) is 47.5 Å². The fourth-order valence-corrected chi connectivity index (χ4v) is 1.81. The van der Waals surface area contributed by atoms with Crippen molar-refractivity contribution in [3.8, 4) is 5.69 Å². The van der Waals surface area contributed by atoms with E-state index in [4.69, 9.17) is 0 Å². The van der Waals surface area contributed by atoms with Crippen LogP contribution in [0.25, 0.3) is 5.69 Å². The number of carbonyl (C=O) groups is 1. The highest BCUT2D eigenvalue weighted by molar-refractivity contribution is 5.91. The lowest BCUT2D eigenvalue weighted by Gasteiger charge is -2.05. The minimum Gasteiger partial charge on any atom is -0.354 e. The first kappa shape index (κ1) is 11.4. The molecule has 0 saturated heterocycles. The van der Waals surface area contributed by atoms with Gasteiger partial charge in [-0.15, -0.1) is 0 Å². The zero-order valence-corrected chi connectivity index (χ0v) is 10.2. The summed E-state index contributed by atoms with van der Waals surface area (Å²) >= 11 is 0. The SMILES string of the molecule is CNC(=O)c1cn(-c2cc(C)cc(C)c2)cn1. The molecule has 0 bridgehead atoms. The van der Waals surface area contributed by atoms with Gasteiger partial charge in [-0.05, 0) is 37.1 Å². The molecule has 1 N–H and O–H groups in total. The van der Waals surface area contributed by atoms with Gasteiger partial charge in [0, 0.05) is 18.9 Å². The quantitative estimate of drug-likeness (QED) is 0.854. The maximum Gasteiger partial charge on any atom is 0.271 e. The molecule has 0 spiro atoms. The Morgan fingerprint density at radius 1 is 1.24 bits per heavy atom. The molecule has 1 heterocycles. The molecule has 0 aliphatic rings. The molecule has 1 amide bonds. The average molecular weight is 229 g/mol. The number of hydrogen-bond acceptors (Lipinski definition) is 2. The van der Waals surface area contributed by atoms with E-state index in [9.17, 15) is 4.79 Å². The van der Waals surface area contributed by atoms with Gasteiger partial charge in [-0.1, -0.05) is 6.07 Å². The summed E-state index contributed by atoms with van der Waals surface area (Å²) in [6.45, 7) is 4.10. The molecule has 0 saturated carbocycles. The number of aromatic nitrogens is 2. The van der Waals surface area contributed by atoms with Crippen LogP contribution in [0.15, 0.2) is 30.7 Å². The molecule has 2 rings (SSSR count). The Bertz CT molecular complexity index is 537. The summed E-state index contributed by atoms with van der Waals surface area (Å²) in [7, 11) is 1.60. The molecule has 0 fully saturated rings. The second kappa shape index (κ2) is 4.41. The first-order valence-corrected chi connectivity index (χ1v) is 5.45. The first-order valence-electron chi connectivity index (χ1n) is 5.45. The molecule has 0 aliphatic carbocycles. The van der Waals surface area contributed by atoms with Crippen molar-refractivity contribution < 1.29 is 4.79 Å². The number of benzene rings is 1. The van der Waals surface area contributed by atoms with Crippen molar-refractivity contribution in [3.63, 3.8) is 0 Å². The molecule has 1 aromatic heterocycles. The summed E-state index contributed by atoms with van der Waals surface area (Å²) in [6.07, 6.45) is 3.38. The van der Waals surface area contributed by atoms with Gasteiger partial charge >= 0.3 is 0 Å². The molecule has 0 aliphatic heterocycles. The van der Waals surface area contributed by atoms with E-state index in [0.29, 0.717) is 5.69 Å². The van der Waals surface area contributed by atoms with Crippen LogP contribution in [0.1, 0.15) is 21.6 Å². The Balaban J connectivity index is 2.40. The van der Waals surface area contributed by atoms with Gasteiger partial charge in [0.05, 0.1) is 0 Å². The molecule has 0 radical (unpaired) electrons. The second-order valence-corrected chi connectivity index (χ2v) is 4.09. The van der Waals surface area contributed by atoms with E-state index in [-0.39, 0.29) is 5.91 Å². The molecule has 1 aromatic carbocycles. The second-order valence-electron chi connectivity index (χ2n) is 4.09. The third-order valence-electron chi connectivity index (χ3n) is 2.55. The Morgan fingerprint density at radius 2 is 1.88 bits per heavy atom. The van der Waals surface area contributed by atoms with E-state index in [2.05, 4.69) is 28.5 Å². The Labute approximate surface area is 100 Å². The van der Waals surface area contributed by atoms with Crippen LogP contribution in [0.2, 0.25) is 0 Å². The zero-order chi connectivity index (χ0) is 12.4. The highest BCUT2D eigenvalue weighted by Gasteiger charge is 2.07. The fraction of sp³-hybridized carbons (Fsp3) is 0.231. The number of nitrogens with zero attached hydrogens (tertiary/aromatic N) is 2. The number of hydrogen-bond donors (Lipinski definition) is 1. The molecule has 4 heteroatoms. The van der Waals surface area contributed by atoms with Gasteiger partial charge in [-0.25, -0.2) is 4.98 Å². The van der Waals surface area contributed by atoms with Crippen LogP contribution in [0.5, 0.6) is 0 Å². The summed E-state index contributed by atoms with van der Waals surface area (Å²) in [5, 5.41) is 2.55. The van der Waals surface area contributed by atoms with Gasteiger partial charge in [0.1, 0.15) is 12.0 Å². The van der Waals surface area contributed by atoms with E-state index in [1.54, 1.807) is 19.6 Å². The van der Waals surface area contributed by atoms with Gasteiger partial charge < -0.3 is 9.88 Å². The van der Waals surface area contributed by atoms with Crippen molar-refractivity contribution in [2.24, 2.45) is 0 Å². The van der Waals surface area contributed by atoms with E-state index in [0.717, 1.165) is 5.69 Å². The van der Waals surface area contributed by atoms with Crippen LogP contribution in [-0.2, 0) is 0 Å². The van der Waals surface area contributed by atoms with Gasteiger partial charge in [0.2, 0.25) is 0 Å². The van der Waals surface area contributed by atoms with E-state index in [1.807, 2.05) is 18.4 Å². The first-order chi connectivity index (χ1) is 8.10. The molecule has 88 valence electrons. The monoisotopic (exact) mass is 229 g/mol. The highest BCUT2D eigenvalue weighted by atomic mass is 16.1. The normalized spacial score (nSPS) is 10.3. The van der Waals surface area contributed by atoms with E-state index >= 15 is 0 Å². The van der Waals surface area contributed by atoms with Crippen LogP contribution in [0.3, 0.4) is 0 Å². The number of imidazole rings is 1. The third-order valence-corrected chi connectivity index (χ3v) is 2.55. The van der Waals surface area contributed by atoms with Gasteiger partial charge in [-0.2, -0.15) is 0 Å². The lowest BCUT2D eigenvalue weighted by molar-refractivity contribution is 0.0958. The lowest BCUT2D eigenvalue weighted by atomic mass is 10.1. The van der Waals surface area contributed by atoms with Crippen molar-refractivity contribution in [1.82, 2.24) is 14.9 Å². The molecule has 2 aromatic rings. The van der Waals surface area contributed by atoms with Crippen LogP contribution in [0.4, 0.5) is 0 Å². The molecule has 0 unspecified atom stereocenters. The summed E-state index contributed by atoms with van der Waals surface area (Å²) < 4.78 is 1.85. The molecular formula is C13H15N3O. The number of nitrogens with one attached hydrogen (secondary N) is 1. The molecule has 0 atom stereocenters. The van der Waals surface area contributed by atoms with Crippen LogP contribution in [-0.4, -0.2) is 22.5 Å². The smallest absolute Gasteiger partial charge is 0.271 e. The van der Waals surface area contributed by atoms with Crippen molar-refractivity contribution in [2.75, 3.05) is 7.05 Å². The predicted molar refractivity (Wildman–Crippen MR) is 66.4 cm³/mol. The summed E-state index contributed by atoms with van der Waals surface area (Å²) in [4.78, 5) is 15.5. The molecule has 17 heavy (non-hydrogen) atoms. The van der Waals surface area contributed by atoms with Crippen LogP contribution >= 0.6 is 0 Å². The summed E-state index contributed by atoms with van der Waals surface area (Å²) in [5.74, 6) is -0.173. The topological polar surface area (TPSA) is 46.9 Å².